The lowest BCUT2D eigenvalue weighted by Gasteiger charge is -2.24. The van der Waals surface area contributed by atoms with Crippen LogP contribution in [0.25, 0.3) is 0 Å². The lowest BCUT2D eigenvalue weighted by atomic mass is 9.95. The summed E-state index contributed by atoms with van der Waals surface area (Å²) in [5.74, 6) is 0. The molecule has 0 atom stereocenters. The molecule has 0 spiro atoms. The maximum atomic E-state index is 5.48. The third-order valence-corrected chi connectivity index (χ3v) is 6.95. The van der Waals surface area contributed by atoms with Gasteiger partial charge in [-0.2, -0.15) is 0 Å². The van der Waals surface area contributed by atoms with Gasteiger partial charge in [0, 0.05) is 20.3 Å². The van der Waals surface area contributed by atoms with Crippen LogP contribution in [0.2, 0.25) is 12.6 Å². The van der Waals surface area contributed by atoms with Crippen molar-refractivity contribution in [1.29, 1.82) is 0 Å². The van der Waals surface area contributed by atoms with E-state index in [0.29, 0.717) is 0 Å². The van der Waals surface area contributed by atoms with E-state index in [1.165, 1.54) is 44.9 Å². The zero-order valence-electron chi connectivity index (χ0n) is 11.8. The molecule has 0 aromatic heterocycles. The van der Waals surface area contributed by atoms with E-state index in [4.69, 9.17) is 8.85 Å². The zero-order valence-corrected chi connectivity index (χ0v) is 12.8. The Hall–Kier alpha value is 0.0969. The van der Waals surface area contributed by atoms with Crippen LogP contribution in [0.3, 0.4) is 0 Å². The van der Waals surface area contributed by atoms with Crippen molar-refractivity contribution in [2.75, 3.05) is 20.8 Å². The summed E-state index contributed by atoms with van der Waals surface area (Å²) in [4.78, 5) is 0. The van der Waals surface area contributed by atoms with E-state index in [1.54, 1.807) is 14.2 Å². The molecule has 0 amide bonds. The normalized spacial score (nSPS) is 18.5. The average Bonchev–Trinajstić information content (AvgIpc) is 2.39. The van der Waals surface area contributed by atoms with Crippen molar-refractivity contribution < 1.29 is 8.85 Å². The second kappa shape index (κ2) is 8.24. The van der Waals surface area contributed by atoms with E-state index in [0.717, 1.165) is 18.6 Å². The van der Waals surface area contributed by atoms with Gasteiger partial charge in [-0.15, -0.1) is 0 Å². The van der Waals surface area contributed by atoms with Gasteiger partial charge in [0.25, 0.3) is 0 Å². The molecule has 0 saturated heterocycles. The van der Waals surface area contributed by atoms with Crippen LogP contribution in [0.1, 0.15) is 44.9 Å². The van der Waals surface area contributed by atoms with Crippen molar-refractivity contribution in [2.45, 2.75) is 63.6 Å². The summed E-state index contributed by atoms with van der Waals surface area (Å²) >= 11 is 0. The molecule has 0 aliphatic heterocycles. The van der Waals surface area contributed by atoms with Crippen LogP contribution < -0.4 is 5.32 Å². The maximum absolute atomic E-state index is 5.48. The topological polar surface area (TPSA) is 30.5 Å². The minimum absolute atomic E-state index is 0.789. The van der Waals surface area contributed by atoms with Crippen LogP contribution in [0.15, 0.2) is 0 Å². The number of hydrogen-bond acceptors (Lipinski definition) is 3. The molecule has 1 rings (SSSR count). The number of hydrogen-bond donors (Lipinski definition) is 1. The molecule has 0 aromatic rings. The summed E-state index contributed by atoms with van der Waals surface area (Å²) in [5.41, 5.74) is 0. The van der Waals surface area contributed by atoms with Crippen LogP contribution in [0, 0.1) is 0 Å². The fourth-order valence-electron chi connectivity index (χ4n) is 2.47. The first-order chi connectivity index (χ1) is 8.20. The highest BCUT2D eigenvalue weighted by atomic mass is 28.4. The molecule has 1 fully saturated rings. The van der Waals surface area contributed by atoms with Crippen molar-refractivity contribution in [3.05, 3.63) is 0 Å². The highest BCUT2D eigenvalue weighted by Gasteiger charge is 2.27. The quantitative estimate of drug-likeness (QED) is 0.537. The van der Waals surface area contributed by atoms with Crippen LogP contribution in [-0.4, -0.2) is 35.4 Å². The predicted molar refractivity (Wildman–Crippen MR) is 74.6 cm³/mol. The van der Waals surface area contributed by atoms with Crippen LogP contribution in [0.4, 0.5) is 0 Å². The minimum atomic E-state index is -1.81. The van der Waals surface area contributed by atoms with Gasteiger partial charge in [0.15, 0.2) is 0 Å². The molecule has 0 radical (unpaired) electrons. The van der Waals surface area contributed by atoms with Gasteiger partial charge in [-0.05, 0) is 38.4 Å². The molecule has 3 nitrogen and oxygen atoms in total. The molecule has 1 aliphatic carbocycles. The Bertz CT molecular complexity index is 192. The van der Waals surface area contributed by atoms with E-state index in [9.17, 15) is 0 Å². The zero-order chi connectivity index (χ0) is 12.6. The first-order valence-electron chi connectivity index (χ1n) is 7.04. The molecule has 0 heterocycles. The van der Waals surface area contributed by atoms with Crippen molar-refractivity contribution in [2.24, 2.45) is 0 Å². The Morgan fingerprint density at radius 1 is 1.06 bits per heavy atom. The molecule has 0 aromatic carbocycles. The lowest BCUT2D eigenvalue weighted by Crippen LogP contribution is -2.36. The van der Waals surface area contributed by atoms with Gasteiger partial charge in [-0.1, -0.05) is 25.7 Å². The van der Waals surface area contributed by atoms with Gasteiger partial charge in [-0.3, -0.25) is 0 Å². The summed E-state index contributed by atoms with van der Waals surface area (Å²) in [6.07, 6.45) is 9.47. The third-order valence-electron chi connectivity index (χ3n) is 3.96. The summed E-state index contributed by atoms with van der Waals surface area (Å²) in [5, 5.41) is 3.68. The summed E-state index contributed by atoms with van der Waals surface area (Å²) in [6.45, 7) is 3.30. The first-order valence-corrected chi connectivity index (χ1v) is 9.56. The van der Waals surface area contributed by atoms with Crippen molar-refractivity contribution in [1.82, 2.24) is 5.32 Å². The van der Waals surface area contributed by atoms with Crippen LogP contribution >= 0.6 is 0 Å². The second-order valence-corrected chi connectivity index (χ2v) is 8.87. The van der Waals surface area contributed by atoms with E-state index in [-0.39, 0.29) is 0 Å². The lowest BCUT2D eigenvalue weighted by molar-refractivity contribution is 0.248. The summed E-state index contributed by atoms with van der Waals surface area (Å²) in [7, 11) is 1.73. The molecule has 1 saturated carbocycles. The second-order valence-electron chi connectivity index (χ2n) is 5.29. The Kier molecular flexibility index (Phi) is 7.35. The summed E-state index contributed by atoms with van der Waals surface area (Å²) < 4.78 is 11.0. The molecule has 102 valence electrons. The van der Waals surface area contributed by atoms with E-state index < -0.39 is 8.56 Å². The summed E-state index contributed by atoms with van der Waals surface area (Å²) in [6, 6.07) is 1.89. The Morgan fingerprint density at radius 3 is 2.29 bits per heavy atom. The van der Waals surface area contributed by atoms with Gasteiger partial charge in [0.1, 0.15) is 0 Å². The molecule has 17 heavy (non-hydrogen) atoms. The first kappa shape index (κ1) is 15.2. The van der Waals surface area contributed by atoms with E-state index in [1.807, 2.05) is 0 Å². The Balaban J connectivity index is 2.00. The highest BCUT2D eigenvalue weighted by molar-refractivity contribution is 6.65. The number of rotatable bonds is 8. The minimum Gasteiger partial charge on any atom is -0.398 e. The molecule has 4 heteroatoms. The van der Waals surface area contributed by atoms with Gasteiger partial charge in [-0.25, -0.2) is 0 Å². The molecule has 0 bridgehead atoms. The highest BCUT2D eigenvalue weighted by Crippen LogP contribution is 2.18. The molecule has 1 N–H and O–H groups in total. The van der Waals surface area contributed by atoms with Crippen molar-refractivity contribution in [3.63, 3.8) is 0 Å². The largest absolute Gasteiger partial charge is 0.398 e. The van der Waals surface area contributed by atoms with E-state index in [2.05, 4.69) is 11.9 Å². The fraction of sp³-hybridized carbons (Fsp3) is 1.00. The van der Waals surface area contributed by atoms with Crippen molar-refractivity contribution in [3.8, 4) is 0 Å². The maximum Gasteiger partial charge on any atom is 0.334 e. The SMILES string of the molecule is CO[Si](C)(CCCCNC1CCCCC1)OC. The average molecular weight is 259 g/mol. The molecule has 1 aliphatic rings. The standard InChI is InChI=1S/C13H29NO2Si/c1-15-17(3,16-2)12-8-7-11-14-13-9-5-4-6-10-13/h13-14H,4-12H2,1-3H3. The predicted octanol–water partition coefficient (Wildman–Crippen LogP) is 3.05. The molecule has 0 unspecified atom stereocenters. The van der Waals surface area contributed by atoms with Gasteiger partial charge in [0.2, 0.25) is 0 Å². The number of nitrogens with one attached hydrogen (secondary N) is 1. The fourth-order valence-corrected chi connectivity index (χ4v) is 3.94. The van der Waals surface area contributed by atoms with Gasteiger partial charge >= 0.3 is 8.56 Å². The Morgan fingerprint density at radius 2 is 1.71 bits per heavy atom. The van der Waals surface area contributed by atoms with Gasteiger partial charge < -0.3 is 14.2 Å². The van der Waals surface area contributed by atoms with Gasteiger partial charge in [0.05, 0.1) is 0 Å². The monoisotopic (exact) mass is 259 g/mol. The number of unbranched alkanes of at least 4 members (excludes halogenated alkanes) is 1. The third kappa shape index (κ3) is 6.00. The Labute approximate surface area is 108 Å². The smallest absolute Gasteiger partial charge is 0.334 e. The molecular formula is C13H29NO2Si. The van der Waals surface area contributed by atoms with Crippen LogP contribution in [0.5, 0.6) is 0 Å². The molecular weight excluding hydrogens is 230 g/mol. The van der Waals surface area contributed by atoms with E-state index >= 15 is 0 Å². The van der Waals surface area contributed by atoms with Crippen molar-refractivity contribution >= 4 is 8.56 Å². The van der Waals surface area contributed by atoms with Crippen LogP contribution in [-0.2, 0) is 8.85 Å².